The molecule has 0 saturated carbocycles. The number of sulfone groups is 1. The van der Waals surface area contributed by atoms with Crippen molar-refractivity contribution in [2.24, 2.45) is 0 Å². The van der Waals surface area contributed by atoms with Crippen LogP contribution in [-0.4, -0.2) is 21.7 Å². The molecule has 90 valence electrons. The molecule has 1 unspecified atom stereocenters. The first-order valence-corrected chi connectivity index (χ1v) is 7.35. The van der Waals surface area contributed by atoms with Gasteiger partial charge in [0.2, 0.25) is 0 Å². The monoisotopic (exact) mass is 241 g/mol. The Bertz CT molecular complexity index is 423. The highest BCUT2D eigenvalue weighted by atomic mass is 32.2. The minimum Gasteiger partial charge on any atom is -0.313 e. The molecule has 0 fully saturated rings. The Hall–Kier alpha value is -0.870. The van der Waals surface area contributed by atoms with Crippen LogP contribution in [0.5, 0.6) is 0 Å². The third kappa shape index (κ3) is 3.32. The van der Waals surface area contributed by atoms with Crippen LogP contribution < -0.4 is 5.32 Å². The normalized spacial score (nSPS) is 13.7. The van der Waals surface area contributed by atoms with Crippen molar-refractivity contribution in [3.63, 3.8) is 0 Å². The first-order chi connectivity index (χ1) is 7.49. The van der Waals surface area contributed by atoms with E-state index in [0.717, 1.165) is 18.4 Å². The summed E-state index contributed by atoms with van der Waals surface area (Å²) < 4.78 is 22.6. The van der Waals surface area contributed by atoms with Crippen LogP contribution in [0, 0.1) is 0 Å². The van der Waals surface area contributed by atoms with E-state index in [1.165, 1.54) is 6.26 Å². The van der Waals surface area contributed by atoms with Crippen molar-refractivity contribution < 1.29 is 8.42 Å². The van der Waals surface area contributed by atoms with Crippen molar-refractivity contribution >= 4 is 9.84 Å². The molecule has 1 atom stereocenters. The van der Waals surface area contributed by atoms with Gasteiger partial charge in [-0.1, -0.05) is 25.5 Å². The fourth-order valence-corrected chi connectivity index (χ4v) is 2.34. The Morgan fingerprint density at radius 3 is 2.19 bits per heavy atom. The van der Waals surface area contributed by atoms with Gasteiger partial charge in [0.05, 0.1) is 4.90 Å². The summed E-state index contributed by atoms with van der Waals surface area (Å²) in [6.45, 7) is 2.13. The molecule has 1 aromatic carbocycles. The number of benzene rings is 1. The van der Waals surface area contributed by atoms with Crippen molar-refractivity contribution in [3.8, 4) is 0 Å². The zero-order valence-electron chi connectivity index (χ0n) is 10.0. The quantitative estimate of drug-likeness (QED) is 0.859. The molecule has 0 saturated heterocycles. The largest absolute Gasteiger partial charge is 0.313 e. The van der Waals surface area contributed by atoms with Gasteiger partial charge in [0.1, 0.15) is 0 Å². The van der Waals surface area contributed by atoms with E-state index in [-0.39, 0.29) is 0 Å². The summed E-state index contributed by atoms with van der Waals surface area (Å²) in [6, 6.07) is 7.41. The average molecular weight is 241 g/mol. The van der Waals surface area contributed by atoms with Crippen LogP contribution >= 0.6 is 0 Å². The Balaban J connectivity index is 2.93. The molecular formula is C12H19NO2S. The number of rotatable bonds is 5. The van der Waals surface area contributed by atoms with Gasteiger partial charge in [-0.25, -0.2) is 8.42 Å². The second-order valence-electron chi connectivity index (χ2n) is 3.97. The van der Waals surface area contributed by atoms with E-state index in [1.54, 1.807) is 12.1 Å². The molecular weight excluding hydrogens is 222 g/mol. The predicted octanol–water partition coefficient (Wildman–Crippen LogP) is 2.15. The Kier molecular flexibility index (Phi) is 4.50. The third-order valence-electron chi connectivity index (χ3n) is 2.64. The van der Waals surface area contributed by atoms with Crippen LogP contribution in [0.3, 0.4) is 0 Å². The van der Waals surface area contributed by atoms with Gasteiger partial charge in [0.25, 0.3) is 0 Å². The summed E-state index contributed by atoms with van der Waals surface area (Å²) in [5, 5.41) is 3.23. The lowest BCUT2D eigenvalue weighted by Crippen LogP contribution is -2.16. The molecule has 4 heteroatoms. The molecule has 0 aliphatic rings. The standard InChI is InChI=1S/C12H19NO2S/c1-4-5-12(13-2)10-6-8-11(9-7-10)16(3,14)15/h6-9,12-13H,4-5H2,1-3H3. The van der Waals surface area contributed by atoms with Gasteiger partial charge in [-0.05, 0) is 31.2 Å². The summed E-state index contributed by atoms with van der Waals surface area (Å²) in [6.07, 6.45) is 3.37. The molecule has 0 aliphatic carbocycles. The van der Waals surface area contributed by atoms with Crippen molar-refractivity contribution in [2.45, 2.75) is 30.7 Å². The fraction of sp³-hybridized carbons (Fsp3) is 0.500. The van der Waals surface area contributed by atoms with E-state index >= 15 is 0 Å². The smallest absolute Gasteiger partial charge is 0.175 e. The molecule has 1 N–H and O–H groups in total. The molecule has 3 nitrogen and oxygen atoms in total. The first kappa shape index (κ1) is 13.2. The second-order valence-corrected chi connectivity index (χ2v) is 5.99. The van der Waals surface area contributed by atoms with Gasteiger partial charge in [0.15, 0.2) is 9.84 Å². The lowest BCUT2D eigenvalue weighted by Gasteiger charge is -2.15. The highest BCUT2D eigenvalue weighted by molar-refractivity contribution is 7.90. The molecule has 1 aromatic rings. The minimum atomic E-state index is -3.08. The van der Waals surface area contributed by atoms with Crippen molar-refractivity contribution in [1.82, 2.24) is 5.32 Å². The molecule has 0 radical (unpaired) electrons. The Labute approximate surface area is 97.8 Å². The molecule has 0 aliphatic heterocycles. The third-order valence-corrected chi connectivity index (χ3v) is 3.76. The zero-order valence-corrected chi connectivity index (χ0v) is 10.8. The van der Waals surface area contributed by atoms with E-state index in [2.05, 4.69) is 12.2 Å². The van der Waals surface area contributed by atoms with Gasteiger partial charge in [-0.2, -0.15) is 0 Å². The summed E-state index contributed by atoms with van der Waals surface area (Å²) in [5.74, 6) is 0. The van der Waals surface area contributed by atoms with Crippen LogP contribution in [-0.2, 0) is 9.84 Å². The maximum absolute atomic E-state index is 11.3. The van der Waals surface area contributed by atoms with Crippen LogP contribution in [0.2, 0.25) is 0 Å². The van der Waals surface area contributed by atoms with Gasteiger partial charge < -0.3 is 5.32 Å². The van der Waals surface area contributed by atoms with Gasteiger partial charge in [0, 0.05) is 12.3 Å². The molecule has 0 spiro atoms. The number of hydrogen-bond donors (Lipinski definition) is 1. The van der Waals surface area contributed by atoms with Crippen LogP contribution in [0.25, 0.3) is 0 Å². The summed E-state index contributed by atoms with van der Waals surface area (Å²) >= 11 is 0. The van der Waals surface area contributed by atoms with Crippen LogP contribution in [0.1, 0.15) is 31.4 Å². The summed E-state index contributed by atoms with van der Waals surface area (Å²) in [5.41, 5.74) is 1.14. The first-order valence-electron chi connectivity index (χ1n) is 5.46. The molecule has 0 aromatic heterocycles. The van der Waals surface area contributed by atoms with Crippen LogP contribution in [0.15, 0.2) is 29.2 Å². The lowest BCUT2D eigenvalue weighted by atomic mass is 10.0. The lowest BCUT2D eigenvalue weighted by molar-refractivity contribution is 0.541. The van der Waals surface area contributed by atoms with Gasteiger partial charge in [-0.15, -0.1) is 0 Å². The average Bonchev–Trinajstić information content (AvgIpc) is 2.25. The van der Waals surface area contributed by atoms with E-state index in [9.17, 15) is 8.42 Å². The Morgan fingerprint density at radius 2 is 1.81 bits per heavy atom. The van der Waals surface area contributed by atoms with Crippen molar-refractivity contribution in [3.05, 3.63) is 29.8 Å². The highest BCUT2D eigenvalue weighted by Gasteiger charge is 2.10. The molecule has 0 heterocycles. The van der Waals surface area contributed by atoms with Crippen LogP contribution in [0.4, 0.5) is 0 Å². The van der Waals surface area contributed by atoms with E-state index in [0.29, 0.717) is 10.9 Å². The SMILES string of the molecule is CCCC(NC)c1ccc(S(C)(=O)=O)cc1. The van der Waals surface area contributed by atoms with E-state index < -0.39 is 9.84 Å². The number of nitrogens with one attached hydrogen (secondary N) is 1. The molecule has 16 heavy (non-hydrogen) atoms. The second kappa shape index (κ2) is 5.46. The molecule has 0 bridgehead atoms. The van der Waals surface area contributed by atoms with Gasteiger partial charge in [-0.3, -0.25) is 0 Å². The molecule has 0 amide bonds. The topological polar surface area (TPSA) is 46.2 Å². The van der Waals surface area contributed by atoms with E-state index in [1.807, 2.05) is 19.2 Å². The Morgan fingerprint density at radius 1 is 1.25 bits per heavy atom. The minimum absolute atomic E-state index is 0.304. The summed E-state index contributed by atoms with van der Waals surface area (Å²) in [4.78, 5) is 0.377. The zero-order chi connectivity index (χ0) is 12.2. The highest BCUT2D eigenvalue weighted by Crippen LogP contribution is 2.19. The number of hydrogen-bond acceptors (Lipinski definition) is 3. The van der Waals surface area contributed by atoms with Crippen molar-refractivity contribution in [2.75, 3.05) is 13.3 Å². The maximum atomic E-state index is 11.3. The van der Waals surface area contributed by atoms with E-state index in [4.69, 9.17) is 0 Å². The maximum Gasteiger partial charge on any atom is 0.175 e. The van der Waals surface area contributed by atoms with Gasteiger partial charge >= 0.3 is 0 Å². The summed E-state index contributed by atoms with van der Waals surface area (Å²) in [7, 11) is -1.16. The molecule has 1 rings (SSSR count). The predicted molar refractivity (Wildman–Crippen MR) is 66.3 cm³/mol. The fourth-order valence-electron chi connectivity index (χ4n) is 1.71. The van der Waals surface area contributed by atoms with Crippen molar-refractivity contribution in [1.29, 1.82) is 0 Å².